The monoisotopic (exact) mass is 261 g/mol. The van der Waals surface area contributed by atoms with Crippen molar-refractivity contribution < 1.29 is 9.47 Å². The Morgan fingerprint density at radius 3 is 2.84 bits per heavy atom. The van der Waals surface area contributed by atoms with Gasteiger partial charge >= 0.3 is 0 Å². The third-order valence-corrected chi connectivity index (χ3v) is 4.32. The van der Waals surface area contributed by atoms with Crippen LogP contribution in [0.25, 0.3) is 0 Å². The zero-order valence-corrected chi connectivity index (χ0v) is 11.6. The molecule has 0 aromatic heterocycles. The minimum absolute atomic E-state index is 0.135. The highest BCUT2D eigenvalue weighted by atomic mass is 16.6. The highest BCUT2D eigenvalue weighted by Crippen LogP contribution is 2.31. The topological polar surface area (TPSA) is 30.5 Å². The van der Waals surface area contributed by atoms with Gasteiger partial charge in [-0.3, -0.25) is 0 Å². The van der Waals surface area contributed by atoms with E-state index in [1.165, 1.54) is 25.7 Å². The van der Waals surface area contributed by atoms with Crippen LogP contribution in [0.4, 0.5) is 0 Å². The summed E-state index contributed by atoms with van der Waals surface area (Å²) in [5, 5.41) is 3.64. The second kappa shape index (κ2) is 5.83. The number of ether oxygens (including phenoxy) is 2. The minimum atomic E-state index is 0.135. The summed E-state index contributed by atoms with van der Waals surface area (Å²) in [6.07, 6.45) is 5.45. The number of benzene rings is 1. The molecule has 1 N–H and O–H groups in total. The van der Waals surface area contributed by atoms with Crippen molar-refractivity contribution in [3.8, 4) is 11.5 Å². The van der Waals surface area contributed by atoms with Crippen molar-refractivity contribution in [1.82, 2.24) is 5.32 Å². The van der Waals surface area contributed by atoms with E-state index in [-0.39, 0.29) is 6.10 Å². The molecule has 3 unspecified atom stereocenters. The maximum Gasteiger partial charge on any atom is 0.161 e. The summed E-state index contributed by atoms with van der Waals surface area (Å²) >= 11 is 0. The Hall–Kier alpha value is -1.22. The molecule has 0 amide bonds. The quantitative estimate of drug-likeness (QED) is 0.904. The first-order chi connectivity index (χ1) is 9.35. The first kappa shape index (κ1) is 12.8. The number of hydrogen-bond acceptors (Lipinski definition) is 3. The van der Waals surface area contributed by atoms with Crippen molar-refractivity contribution in [2.24, 2.45) is 5.92 Å². The van der Waals surface area contributed by atoms with Crippen LogP contribution in [0.5, 0.6) is 11.5 Å². The molecule has 1 saturated carbocycles. The molecule has 1 aliphatic carbocycles. The van der Waals surface area contributed by atoms with Gasteiger partial charge in [0.1, 0.15) is 12.7 Å². The van der Waals surface area contributed by atoms with E-state index in [4.69, 9.17) is 9.47 Å². The lowest BCUT2D eigenvalue weighted by Crippen LogP contribution is -2.41. The molecule has 19 heavy (non-hydrogen) atoms. The average molecular weight is 261 g/mol. The lowest BCUT2D eigenvalue weighted by molar-refractivity contribution is 0.0882. The van der Waals surface area contributed by atoms with E-state index in [9.17, 15) is 0 Å². The van der Waals surface area contributed by atoms with Crippen molar-refractivity contribution >= 4 is 0 Å². The molecule has 1 aliphatic heterocycles. The van der Waals surface area contributed by atoms with Crippen LogP contribution in [0.2, 0.25) is 0 Å². The molecular formula is C16H23NO2. The SMILES string of the molecule is CCC1CCC(NCC2COc3ccccc3O2)C1. The predicted molar refractivity (Wildman–Crippen MR) is 75.8 cm³/mol. The molecule has 1 aromatic rings. The normalized spacial score (nSPS) is 29.4. The summed E-state index contributed by atoms with van der Waals surface area (Å²) in [5.74, 6) is 2.66. The molecule has 0 spiro atoms. The summed E-state index contributed by atoms with van der Waals surface area (Å²) in [5.41, 5.74) is 0. The van der Waals surface area contributed by atoms with Crippen LogP contribution in [0.15, 0.2) is 24.3 Å². The molecule has 1 heterocycles. The third kappa shape index (κ3) is 3.03. The Balaban J connectivity index is 1.47. The van der Waals surface area contributed by atoms with E-state index >= 15 is 0 Å². The Bertz CT molecular complexity index is 421. The van der Waals surface area contributed by atoms with Gasteiger partial charge < -0.3 is 14.8 Å². The molecule has 104 valence electrons. The number of para-hydroxylation sites is 2. The predicted octanol–water partition coefficient (Wildman–Crippen LogP) is 2.99. The molecule has 0 bridgehead atoms. The second-order valence-corrected chi connectivity index (χ2v) is 5.69. The average Bonchev–Trinajstić information content (AvgIpc) is 2.93. The van der Waals surface area contributed by atoms with Gasteiger partial charge in [0.2, 0.25) is 0 Å². The van der Waals surface area contributed by atoms with E-state index in [1.807, 2.05) is 24.3 Å². The van der Waals surface area contributed by atoms with E-state index < -0.39 is 0 Å². The Morgan fingerprint density at radius 1 is 1.21 bits per heavy atom. The van der Waals surface area contributed by atoms with Gasteiger partial charge in [-0.15, -0.1) is 0 Å². The first-order valence-corrected chi connectivity index (χ1v) is 7.47. The highest BCUT2D eigenvalue weighted by Gasteiger charge is 2.25. The van der Waals surface area contributed by atoms with Gasteiger partial charge in [0, 0.05) is 12.6 Å². The van der Waals surface area contributed by atoms with Crippen molar-refractivity contribution in [3.63, 3.8) is 0 Å². The fourth-order valence-electron chi connectivity index (χ4n) is 3.09. The maximum atomic E-state index is 5.96. The zero-order chi connectivity index (χ0) is 13.1. The second-order valence-electron chi connectivity index (χ2n) is 5.69. The van der Waals surface area contributed by atoms with E-state index in [1.54, 1.807) is 0 Å². The van der Waals surface area contributed by atoms with Crippen molar-refractivity contribution in [2.75, 3.05) is 13.2 Å². The fraction of sp³-hybridized carbons (Fsp3) is 0.625. The Labute approximate surface area is 115 Å². The minimum Gasteiger partial charge on any atom is -0.486 e. The summed E-state index contributed by atoms with van der Waals surface area (Å²) in [6.45, 7) is 3.82. The van der Waals surface area contributed by atoms with Gasteiger partial charge in [-0.2, -0.15) is 0 Å². The number of rotatable bonds is 4. The van der Waals surface area contributed by atoms with Crippen LogP contribution in [-0.2, 0) is 0 Å². The van der Waals surface area contributed by atoms with Crippen LogP contribution < -0.4 is 14.8 Å². The Kier molecular flexibility index (Phi) is 3.92. The van der Waals surface area contributed by atoms with Gasteiger partial charge in [0.15, 0.2) is 11.5 Å². The van der Waals surface area contributed by atoms with E-state index in [0.717, 1.165) is 24.0 Å². The number of hydrogen-bond donors (Lipinski definition) is 1. The van der Waals surface area contributed by atoms with Gasteiger partial charge in [-0.1, -0.05) is 25.5 Å². The van der Waals surface area contributed by atoms with Gasteiger partial charge in [-0.25, -0.2) is 0 Å². The van der Waals surface area contributed by atoms with Crippen LogP contribution in [0, 0.1) is 5.92 Å². The van der Waals surface area contributed by atoms with Gasteiger partial charge in [0.05, 0.1) is 0 Å². The number of nitrogens with one attached hydrogen (secondary N) is 1. The third-order valence-electron chi connectivity index (χ3n) is 4.32. The zero-order valence-electron chi connectivity index (χ0n) is 11.6. The molecule has 0 radical (unpaired) electrons. The number of fused-ring (bicyclic) bond motifs is 1. The van der Waals surface area contributed by atoms with Crippen LogP contribution in [0.1, 0.15) is 32.6 Å². The van der Waals surface area contributed by atoms with Crippen molar-refractivity contribution in [3.05, 3.63) is 24.3 Å². The smallest absolute Gasteiger partial charge is 0.161 e. The van der Waals surface area contributed by atoms with Crippen LogP contribution in [-0.4, -0.2) is 25.3 Å². The van der Waals surface area contributed by atoms with E-state index in [2.05, 4.69) is 12.2 Å². The largest absolute Gasteiger partial charge is 0.486 e. The molecular weight excluding hydrogens is 238 g/mol. The molecule has 3 nitrogen and oxygen atoms in total. The van der Waals surface area contributed by atoms with Crippen molar-refractivity contribution in [1.29, 1.82) is 0 Å². The standard InChI is InChI=1S/C16H23NO2/c1-2-12-7-8-13(9-12)17-10-14-11-18-15-5-3-4-6-16(15)19-14/h3-6,12-14,17H,2,7-11H2,1H3. The van der Waals surface area contributed by atoms with Gasteiger partial charge in [0.25, 0.3) is 0 Å². The molecule has 1 fully saturated rings. The van der Waals surface area contributed by atoms with Crippen LogP contribution >= 0.6 is 0 Å². The first-order valence-electron chi connectivity index (χ1n) is 7.47. The van der Waals surface area contributed by atoms with E-state index in [0.29, 0.717) is 12.6 Å². The molecule has 3 rings (SSSR count). The summed E-state index contributed by atoms with van der Waals surface area (Å²) < 4.78 is 11.7. The lowest BCUT2D eigenvalue weighted by Gasteiger charge is -2.27. The van der Waals surface area contributed by atoms with Gasteiger partial charge in [-0.05, 0) is 37.3 Å². The molecule has 0 saturated heterocycles. The summed E-state index contributed by atoms with van der Waals surface area (Å²) in [6, 6.07) is 8.57. The highest BCUT2D eigenvalue weighted by molar-refractivity contribution is 5.40. The molecule has 2 aliphatic rings. The fourth-order valence-corrected chi connectivity index (χ4v) is 3.09. The molecule has 1 aromatic carbocycles. The molecule has 3 atom stereocenters. The van der Waals surface area contributed by atoms with Crippen LogP contribution in [0.3, 0.4) is 0 Å². The lowest BCUT2D eigenvalue weighted by atomic mass is 10.1. The summed E-state index contributed by atoms with van der Waals surface area (Å²) in [4.78, 5) is 0. The molecule has 3 heteroatoms. The summed E-state index contributed by atoms with van der Waals surface area (Å²) in [7, 11) is 0. The Morgan fingerprint density at radius 2 is 2.05 bits per heavy atom. The van der Waals surface area contributed by atoms with Crippen molar-refractivity contribution in [2.45, 2.75) is 44.8 Å². The maximum absolute atomic E-state index is 5.96.